The molecule has 88 valence electrons. The Hall–Kier alpha value is -0.0100. The maximum atomic E-state index is 11.8. The molecule has 0 aromatic heterocycles. The van der Waals surface area contributed by atoms with Crippen molar-refractivity contribution in [2.45, 2.75) is 39.7 Å². The second kappa shape index (κ2) is 5.36. The van der Waals surface area contributed by atoms with Crippen molar-refractivity contribution in [1.82, 2.24) is 3.53 Å². The molecule has 4 nitrogen and oxygen atoms in total. The average Bonchev–Trinajstić information content (AvgIpc) is 2.15. The van der Waals surface area contributed by atoms with Crippen LogP contribution in [0, 0.1) is 5.41 Å². The number of carbonyl (C=O) groups is 2. The van der Waals surface area contributed by atoms with Crippen molar-refractivity contribution in [1.29, 1.82) is 0 Å². The molecule has 0 heterocycles. The van der Waals surface area contributed by atoms with Gasteiger partial charge in [0.1, 0.15) is 6.61 Å². The van der Waals surface area contributed by atoms with Gasteiger partial charge in [-0.1, -0.05) is 13.8 Å². The van der Waals surface area contributed by atoms with Crippen molar-refractivity contribution in [2.75, 3.05) is 6.61 Å². The summed E-state index contributed by atoms with van der Waals surface area (Å²) in [5.74, 6) is -0.344. The highest BCUT2D eigenvalue weighted by Gasteiger charge is 2.35. The van der Waals surface area contributed by atoms with Gasteiger partial charge in [-0.05, 0) is 13.8 Å². The average molecular weight is 327 g/mol. The molecule has 0 bridgehead atoms. The second-order valence-corrected chi connectivity index (χ2v) is 5.32. The lowest BCUT2D eigenvalue weighted by molar-refractivity contribution is -0.135. The van der Waals surface area contributed by atoms with Crippen LogP contribution < -0.4 is 3.53 Å². The van der Waals surface area contributed by atoms with Crippen molar-refractivity contribution >= 4 is 34.4 Å². The number of nitrogens with one attached hydrogen (secondary N) is 1. The number of carbonyl (C=O) groups excluding carboxylic acids is 2. The summed E-state index contributed by atoms with van der Waals surface area (Å²) in [7, 11) is 0. The zero-order valence-electron chi connectivity index (χ0n) is 9.56. The minimum atomic E-state index is -0.795. The van der Waals surface area contributed by atoms with Gasteiger partial charge in [0.05, 0.1) is 5.54 Å². The van der Waals surface area contributed by atoms with Crippen LogP contribution in [-0.4, -0.2) is 28.8 Å². The molecule has 0 unspecified atom stereocenters. The van der Waals surface area contributed by atoms with Crippen molar-refractivity contribution in [3.05, 3.63) is 0 Å². The molecule has 0 aromatic rings. The van der Waals surface area contributed by atoms with E-state index in [0.717, 1.165) is 0 Å². The summed E-state index contributed by atoms with van der Waals surface area (Å²) in [6.07, 6.45) is 0.134. The minimum Gasteiger partial charge on any atom is -0.389 e. The van der Waals surface area contributed by atoms with E-state index < -0.39 is 17.6 Å². The Balaban J connectivity index is 4.61. The minimum absolute atomic E-state index is 0.0382. The van der Waals surface area contributed by atoms with Crippen LogP contribution in [0.4, 0.5) is 0 Å². The summed E-state index contributed by atoms with van der Waals surface area (Å²) in [6.45, 7) is 6.36. The van der Waals surface area contributed by atoms with Gasteiger partial charge in [-0.3, -0.25) is 9.59 Å². The van der Waals surface area contributed by atoms with Crippen molar-refractivity contribution < 1.29 is 14.7 Å². The number of Topliss-reactive ketones (excluding diaryl/α,β-unsaturated/α-hetero) is 2. The summed E-state index contributed by atoms with van der Waals surface area (Å²) >= 11 is 1.92. The Morgan fingerprint density at radius 2 is 1.67 bits per heavy atom. The molecule has 0 aliphatic carbocycles. The molecule has 0 radical (unpaired) electrons. The first-order valence-electron chi connectivity index (χ1n) is 4.72. The molecule has 0 aromatic carbocycles. The van der Waals surface area contributed by atoms with E-state index in [-0.39, 0.29) is 18.0 Å². The molecule has 0 saturated carbocycles. The van der Waals surface area contributed by atoms with E-state index in [9.17, 15) is 9.59 Å². The predicted molar refractivity (Wildman–Crippen MR) is 66.7 cm³/mol. The number of aliphatic hydroxyl groups is 1. The molecule has 0 aliphatic rings. The van der Waals surface area contributed by atoms with E-state index in [2.05, 4.69) is 3.53 Å². The lowest BCUT2D eigenvalue weighted by Crippen LogP contribution is -2.44. The first-order valence-corrected chi connectivity index (χ1v) is 5.80. The second-order valence-electron chi connectivity index (χ2n) is 4.78. The lowest BCUT2D eigenvalue weighted by Gasteiger charge is -2.27. The van der Waals surface area contributed by atoms with E-state index in [1.165, 1.54) is 0 Å². The van der Waals surface area contributed by atoms with Crippen LogP contribution in [0.2, 0.25) is 0 Å². The molecule has 0 fully saturated rings. The highest BCUT2D eigenvalue weighted by molar-refractivity contribution is 14.1. The Morgan fingerprint density at radius 3 is 2.00 bits per heavy atom. The number of aliphatic hydroxyl groups excluding tert-OH is 1. The Kier molecular flexibility index (Phi) is 5.35. The topological polar surface area (TPSA) is 66.4 Å². The van der Waals surface area contributed by atoms with Gasteiger partial charge >= 0.3 is 0 Å². The molecule has 0 saturated heterocycles. The summed E-state index contributed by atoms with van der Waals surface area (Å²) in [6, 6.07) is 0. The summed E-state index contributed by atoms with van der Waals surface area (Å²) < 4.78 is 2.87. The lowest BCUT2D eigenvalue weighted by atomic mass is 9.79. The van der Waals surface area contributed by atoms with Gasteiger partial charge in [0.15, 0.2) is 11.6 Å². The quantitative estimate of drug-likeness (QED) is 0.569. The number of rotatable bonds is 6. The molecule has 0 aliphatic heterocycles. The molecule has 0 atom stereocenters. The van der Waals surface area contributed by atoms with Crippen LogP contribution in [0.3, 0.4) is 0 Å². The van der Waals surface area contributed by atoms with Crippen LogP contribution in [0.15, 0.2) is 0 Å². The molecule has 0 spiro atoms. The molecular formula is C10H18INO3. The van der Waals surface area contributed by atoms with Gasteiger partial charge in [0, 0.05) is 34.7 Å². The van der Waals surface area contributed by atoms with E-state index in [0.29, 0.717) is 0 Å². The van der Waals surface area contributed by atoms with Crippen LogP contribution in [-0.2, 0) is 9.59 Å². The number of hydrogen-bond donors (Lipinski definition) is 2. The Morgan fingerprint density at radius 1 is 1.20 bits per heavy atom. The molecule has 2 N–H and O–H groups in total. The fourth-order valence-corrected chi connectivity index (χ4v) is 1.29. The number of halogens is 1. The highest BCUT2D eigenvalue weighted by atomic mass is 127. The van der Waals surface area contributed by atoms with Crippen molar-refractivity contribution in [2.24, 2.45) is 5.41 Å². The van der Waals surface area contributed by atoms with Gasteiger partial charge in [0.2, 0.25) is 0 Å². The fraction of sp³-hybridized carbons (Fsp3) is 0.800. The van der Waals surface area contributed by atoms with E-state index in [4.69, 9.17) is 5.11 Å². The van der Waals surface area contributed by atoms with Crippen LogP contribution in [0.5, 0.6) is 0 Å². The first-order chi connectivity index (χ1) is 6.67. The summed E-state index contributed by atoms with van der Waals surface area (Å²) in [5, 5.41) is 8.77. The molecular weight excluding hydrogens is 309 g/mol. The number of hydrogen-bond acceptors (Lipinski definition) is 4. The van der Waals surface area contributed by atoms with Crippen LogP contribution in [0.1, 0.15) is 34.1 Å². The van der Waals surface area contributed by atoms with Gasteiger partial charge in [-0.2, -0.15) is 0 Å². The Labute approximate surface area is 104 Å². The zero-order valence-corrected chi connectivity index (χ0v) is 11.7. The SMILES string of the molecule is CC(C)(CC(=O)C(C)(C)NI)C(=O)CO. The third-order valence-corrected chi connectivity index (χ3v) is 3.78. The monoisotopic (exact) mass is 327 g/mol. The Bertz CT molecular complexity index is 261. The maximum absolute atomic E-state index is 11.8. The van der Waals surface area contributed by atoms with Crippen LogP contribution >= 0.6 is 22.9 Å². The van der Waals surface area contributed by atoms with Crippen molar-refractivity contribution in [3.8, 4) is 0 Å². The van der Waals surface area contributed by atoms with Gasteiger partial charge in [-0.15, -0.1) is 0 Å². The third kappa shape index (κ3) is 4.16. The van der Waals surface area contributed by atoms with Gasteiger partial charge in [-0.25, -0.2) is 3.53 Å². The van der Waals surface area contributed by atoms with Crippen LogP contribution in [0.25, 0.3) is 0 Å². The molecule has 0 amide bonds. The maximum Gasteiger partial charge on any atom is 0.164 e. The number of ketones is 2. The summed E-state index contributed by atoms with van der Waals surface area (Å²) in [5.41, 5.74) is -1.44. The standard InChI is InChI=1S/C10H18INO3/c1-9(2,8(15)6-13)5-7(14)10(3,4)12-11/h12-13H,5-6H2,1-4H3. The fourth-order valence-electron chi connectivity index (χ4n) is 0.988. The smallest absolute Gasteiger partial charge is 0.164 e. The molecule has 5 heteroatoms. The summed E-state index contributed by atoms with van der Waals surface area (Å²) in [4.78, 5) is 23.2. The zero-order chi connectivity index (χ0) is 12.3. The van der Waals surface area contributed by atoms with Gasteiger partial charge < -0.3 is 5.11 Å². The molecule has 15 heavy (non-hydrogen) atoms. The van der Waals surface area contributed by atoms with E-state index in [1.54, 1.807) is 27.7 Å². The molecule has 0 rings (SSSR count). The first kappa shape index (κ1) is 15.0. The van der Waals surface area contributed by atoms with E-state index >= 15 is 0 Å². The largest absolute Gasteiger partial charge is 0.389 e. The van der Waals surface area contributed by atoms with E-state index in [1.807, 2.05) is 22.9 Å². The van der Waals surface area contributed by atoms with Crippen molar-refractivity contribution in [3.63, 3.8) is 0 Å². The third-order valence-electron chi connectivity index (χ3n) is 2.43. The normalized spacial score (nSPS) is 12.7. The highest BCUT2D eigenvalue weighted by Crippen LogP contribution is 2.25. The predicted octanol–water partition coefficient (Wildman–Crippen LogP) is 1.25. The van der Waals surface area contributed by atoms with Gasteiger partial charge in [0.25, 0.3) is 0 Å².